The predicted octanol–water partition coefficient (Wildman–Crippen LogP) is 17.5. The molecule has 0 spiro atoms. The van der Waals surface area contributed by atoms with Gasteiger partial charge in [-0.2, -0.15) is 0 Å². The minimum atomic E-state index is 1.21. The van der Waals surface area contributed by atoms with E-state index in [1.807, 2.05) is 0 Å². The molecule has 0 heteroatoms. The average Bonchev–Trinajstić information content (AvgIpc) is 3.34. The van der Waals surface area contributed by atoms with Gasteiger partial charge in [0.15, 0.2) is 0 Å². The van der Waals surface area contributed by atoms with E-state index < -0.39 is 0 Å². The molecule has 0 nitrogen and oxygen atoms in total. The molecule has 0 heterocycles. The van der Waals surface area contributed by atoms with E-state index in [9.17, 15) is 0 Å². The van der Waals surface area contributed by atoms with Gasteiger partial charge in [0.2, 0.25) is 0 Å². The third-order valence-electron chi connectivity index (χ3n) is 13.4. The molecule has 0 bridgehead atoms. The second kappa shape index (κ2) is 13.7. The summed E-state index contributed by atoms with van der Waals surface area (Å²) < 4.78 is 0. The third kappa shape index (κ3) is 5.20. The van der Waals surface area contributed by atoms with E-state index in [-0.39, 0.29) is 0 Å². The summed E-state index contributed by atoms with van der Waals surface area (Å²) in [6.07, 6.45) is 0. The lowest BCUT2D eigenvalue weighted by Crippen LogP contribution is -1.93. The number of hydrogen-bond donors (Lipinski definition) is 0. The van der Waals surface area contributed by atoms with Crippen LogP contribution in [0.15, 0.2) is 231 Å². The lowest BCUT2D eigenvalue weighted by molar-refractivity contribution is 1.62. The van der Waals surface area contributed by atoms with Crippen LogP contribution in [0.25, 0.3) is 131 Å². The fourth-order valence-corrected chi connectivity index (χ4v) is 10.7. The Bertz CT molecular complexity index is 3800. The fraction of sp³-hybridized carbons (Fsp3) is 0. The lowest BCUT2D eigenvalue weighted by Gasteiger charge is -2.21. The normalized spacial score (nSPS) is 11.9. The zero-order valence-electron chi connectivity index (χ0n) is 33.9. The summed E-state index contributed by atoms with van der Waals surface area (Å²) in [7, 11) is 0. The van der Waals surface area contributed by atoms with Gasteiger partial charge in [-0.05, 0) is 137 Å². The molecule has 0 amide bonds. The first kappa shape index (κ1) is 34.8. The highest BCUT2D eigenvalue weighted by molar-refractivity contribution is 6.29. The van der Waals surface area contributed by atoms with Gasteiger partial charge in [-0.15, -0.1) is 0 Å². The van der Waals surface area contributed by atoms with Crippen molar-refractivity contribution >= 4 is 75.4 Å². The van der Waals surface area contributed by atoms with E-state index in [4.69, 9.17) is 0 Å². The highest BCUT2D eigenvalue weighted by atomic mass is 14.2. The molecule has 13 aromatic rings. The van der Waals surface area contributed by atoms with Crippen molar-refractivity contribution in [2.45, 2.75) is 0 Å². The summed E-state index contributed by atoms with van der Waals surface area (Å²) in [5.41, 5.74) is 12.5. The first-order valence-electron chi connectivity index (χ1n) is 21.6. The maximum Gasteiger partial charge on any atom is -0.00201 e. The van der Waals surface area contributed by atoms with E-state index in [1.54, 1.807) is 0 Å². The maximum atomic E-state index is 2.40. The minimum Gasteiger partial charge on any atom is -0.0622 e. The number of hydrogen-bond acceptors (Lipinski definition) is 0. The number of rotatable bonds is 5. The predicted molar refractivity (Wildman–Crippen MR) is 267 cm³/mol. The van der Waals surface area contributed by atoms with Gasteiger partial charge in [0.05, 0.1) is 0 Å². The molecule has 0 saturated heterocycles. The van der Waals surface area contributed by atoms with Crippen LogP contribution in [0.1, 0.15) is 0 Å². The summed E-state index contributed by atoms with van der Waals surface area (Å²) in [5, 5.41) is 17.9. The van der Waals surface area contributed by atoms with Crippen LogP contribution < -0.4 is 0 Å². The Morgan fingerprint density at radius 3 is 1.10 bits per heavy atom. The second-order valence-electron chi connectivity index (χ2n) is 16.7. The zero-order chi connectivity index (χ0) is 40.7. The molecule has 0 fully saturated rings. The highest BCUT2D eigenvalue weighted by Crippen LogP contribution is 2.49. The standard InChI is InChI=1S/C62H38/c1-3-14-39(15-4-1)46-34-37-55-56(38-46)60(40-16-5-2-6-17-40)48-21-8-7-20-47(48)59(55)44-29-27-43(28-30-44)58-49-22-9-11-24-51(49)62(52-25-12-10-23-50(52)58)54-36-33-45-31-26-41-18-13-19-42-32-35-53(54)61(45)57(41)42/h1-38H. The molecule has 0 N–H and O–H groups in total. The molecular formula is C62H38. The summed E-state index contributed by atoms with van der Waals surface area (Å²) in [4.78, 5) is 0. The van der Waals surface area contributed by atoms with Crippen molar-refractivity contribution in [1.29, 1.82) is 0 Å². The monoisotopic (exact) mass is 782 g/mol. The van der Waals surface area contributed by atoms with Gasteiger partial charge < -0.3 is 0 Å². The SMILES string of the molecule is c1ccc(-c2ccc3c(-c4ccc(-c5c6ccccc6c(-c6ccc7ccc8cccc9ccc6c7c89)c6ccccc56)cc4)c4ccccc4c(-c4ccccc4)c3c2)cc1. The Morgan fingerprint density at radius 2 is 0.548 bits per heavy atom. The molecule has 0 aliphatic rings. The lowest BCUT2D eigenvalue weighted by atomic mass is 9.82. The molecule has 286 valence electrons. The molecule has 0 aliphatic carbocycles. The molecule has 0 aliphatic heterocycles. The quantitative estimate of drug-likeness (QED) is 0.120. The fourth-order valence-electron chi connectivity index (χ4n) is 10.7. The molecule has 0 aromatic heterocycles. The number of fused-ring (bicyclic) bond motifs is 4. The second-order valence-corrected chi connectivity index (χ2v) is 16.7. The smallest absolute Gasteiger partial charge is 0.00201 e. The molecule has 13 rings (SSSR count). The van der Waals surface area contributed by atoms with Crippen molar-refractivity contribution in [1.82, 2.24) is 0 Å². The van der Waals surface area contributed by atoms with E-state index in [0.29, 0.717) is 0 Å². The third-order valence-corrected chi connectivity index (χ3v) is 13.4. The van der Waals surface area contributed by atoms with Gasteiger partial charge in [-0.25, -0.2) is 0 Å². The Morgan fingerprint density at radius 1 is 0.177 bits per heavy atom. The van der Waals surface area contributed by atoms with Crippen LogP contribution in [0.4, 0.5) is 0 Å². The van der Waals surface area contributed by atoms with E-state index in [2.05, 4.69) is 231 Å². The largest absolute Gasteiger partial charge is 0.0622 e. The average molecular weight is 783 g/mol. The Hall–Kier alpha value is -8.06. The van der Waals surface area contributed by atoms with Gasteiger partial charge in [0.1, 0.15) is 0 Å². The summed E-state index contributed by atoms with van der Waals surface area (Å²) in [5.74, 6) is 0. The van der Waals surface area contributed by atoms with Crippen LogP contribution >= 0.6 is 0 Å². The van der Waals surface area contributed by atoms with Crippen LogP contribution in [0.2, 0.25) is 0 Å². The van der Waals surface area contributed by atoms with Gasteiger partial charge in [-0.3, -0.25) is 0 Å². The van der Waals surface area contributed by atoms with E-state index in [0.717, 1.165) is 0 Å². The molecule has 13 aromatic carbocycles. The van der Waals surface area contributed by atoms with Crippen molar-refractivity contribution in [3.8, 4) is 55.6 Å². The molecule has 0 atom stereocenters. The minimum absolute atomic E-state index is 1.21. The summed E-state index contributed by atoms with van der Waals surface area (Å²) >= 11 is 0. The van der Waals surface area contributed by atoms with Gasteiger partial charge >= 0.3 is 0 Å². The highest BCUT2D eigenvalue weighted by Gasteiger charge is 2.21. The topological polar surface area (TPSA) is 0 Å². The van der Waals surface area contributed by atoms with Crippen LogP contribution in [0.5, 0.6) is 0 Å². The van der Waals surface area contributed by atoms with E-state index >= 15 is 0 Å². The summed E-state index contributed by atoms with van der Waals surface area (Å²) in [6, 6.07) is 85.6. The van der Waals surface area contributed by atoms with Gasteiger partial charge in [-0.1, -0.05) is 224 Å². The maximum absolute atomic E-state index is 2.40. The van der Waals surface area contributed by atoms with E-state index in [1.165, 1.54) is 131 Å². The number of benzene rings is 13. The molecule has 0 radical (unpaired) electrons. The van der Waals surface area contributed by atoms with Crippen molar-refractivity contribution < 1.29 is 0 Å². The van der Waals surface area contributed by atoms with Crippen molar-refractivity contribution in [2.24, 2.45) is 0 Å². The Labute approximate surface area is 359 Å². The van der Waals surface area contributed by atoms with Crippen molar-refractivity contribution in [3.05, 3.63) is 231 Å². The first-order chi connectivity index (χ1) is 30.8. The Kier molecular flexibility index (Phi) is 7.71. The van der Waals surface area contributed by atoms with Gasteiger partial charge in [0, 0.05) is 0 Å². The molecule has 0 unspecified atom stereocenters. The van der Waals surface area contributed by atoms with Gasteiger partial charge in [0.25, 0.3) is 0 Å². The molecular weight excluding hydrogens is 745 g/mol. The first-order valence-corrected chi connectivity index (χ1v) is 21.6. The van der Waals surface area contributed by atoms with Crippen molar-refractivity contribution in [3.63, 3.8) is 0 Å². The van der Waals surface area contributed by atoms with Crippen LogP contribution in [0, 0.1) is 0 Å². The molecule has 0 saturated carbocycles. The van der Waals surface area contributed by atoms with Crippen molar-refractivity contribution in [2.75, 3.05) is 0 Å². The Balaban J connectivity index is 1.03. The van der Waals surface area contributed by atoms with Crippen LogP contribution in [-0.2, 0) is 0 Å². The van der Waals surface area contributed by atoms with Crippen LogP contribution in [0.3, 0.4) is 0 Å². The molecule has 62 heavy (non-hydrogen) atoms. The zero-order valence-corrected chi connectivity index (χ0v) is 33.9. The van der Waals surface area contributed by atoms with Crippen LogP contribution in [-0.4, -0.2) is 0 Å². The summed E-state index contributed by atoms with van der Waals surface area (Å²) in [6.45, 7) is 0.